The Morgan fingerprint density at radius 2 is 2.00 bits per heavy atom. The summed E-state index contributed by atoms with van der Waals surface area (Å²) in [6.07, 6.45) is 1.83. The van der Waals surface area contributed by atoms with Gasteiger partial charge >= 0.3 is 0 Å². The Balaban J connectivity index is 3.02. The molecular weight excluding hydrogens is 136 g/mol. The lowest BCUT2D eigenvalue weighted by atomic mass is 10.1. The van der Waals surface area contributed by atoms with Crippen LogP contribution in [0.25, 0.3) is 0 Å². The van der Waals surface area contributed by atoms with Gasteiger partial charge in [-0.05, 0) is 30.5 Å². The van der Waals surface area contributed by atoms with Crippen molar-refractivity contribution in [3.8, 4) is 5.75 Å². The van der Waals surface area contributed by atoms with Gasteiger partial charge in [-0.1, -0.05) is 19.9 Å². The van der Waals surface area contributed by atoms with E-state index < -0.39 is 0 Å². The van der Waals surface area contributed by atoms with E-state index in [1.54, 1.807) is 6.07 Å². The molecule has 11 heavy (non-hydrogen) atoms. The van der Waals surface area contributed by atoms with Crippen molar-refractivity contribution in [2.75, 3.05) is 0 Å². The highest BCUT2D eigenvalue weighted by molar-refractivity contribution is 5.34. The Bertz CT molecular complexity index is 241. The second-order valence-electron chi connectivity index (χ2n) is 2.55. The first-order valence-corrected chi connectivity index (χ1v) is 4.01. The first-order valence-electron chi connectivity index (χ1n) is 4.01. The number of benzene rings is 1. The molecule has 1 nitrogen and oxygen atoms in total. The molecule has 1 heteroatoms. The van der Waals surface area contributed by atoms with Crippen LogP contribution in [0.4, 0.5) is 0 Å². The van der Waals surface area contributed by atoms with Gasteiger partial charge in [-0.2, -0.15) is 0 Å². The summed E-state index contributed by atoms with van der Waals surface area (Å²) in [5, 5.41) is 9.30. The van der Waals surface area contributed by atoms with Gasteiger partial charge in [-0.15, -0.1) is 0 Å². The molecule has 0 amide bonds. The summed E-state index contributed by atoms with van der Waals surface area (Å²) in [5.74, 6) is 0.365. The molecule has 1 N–H and O–H groups in total. The Labute approximate surface area is 67.7 Å². The monoisotopic (exact) mass is 149 g/mol. The van der Waals surface area contributed by atoms with E-state index in [4.69, 9.17) is 0 Å². The van der Waals surface area contributed by atoms with Crippen molar-refractivity contribution in [3.63, 3.8) is 0 Å². The van der Waals surface area contributed by atoms with Crippen LogP contribution < -0.4 is 0 Å². The Kier molecular flexibility index (Phi) is 2.53. The zero-order chi connectivity index (χ0) is 8.27. The quantitative estimate of drug-likeness (QED) is 0.684. The van der Waals surface area contributed by atoms with Crippen molar-refractivity contribution in [2.45, 2.75) is 26.7 Å². The summed E-state index contributed by atoms with van der Waals surface area (Å²) in [7, 11) is 0. The number of aromatic hydroxyl groups is 1. The number of rotatable bonds is 2. The van der Waals surface area contributed by atoms with Crippen LogP contribution in [0.5, 0.6) is 5.75 Å². The van der Waals surface area contributed by atoms with Crippen molar-refractivity contribution in [3.05, 3.63) is 29.3 Å². The topological polar surface area (TPSA) is 20.2 Å². The van der Waals surface area contributed by atoms with Crippen molar-refractivity contribution in [1.29, 1.82) is 0 Å². The average Bonchev–Trinajstić information content (AvgIpc) is 2.05. The van der Waals surface area contributed by atoms with Crippen molar-refractivity contribution < 1.29 is 5.11 Å². The van der Waals surface area contributed by atoms with Gasteiger partial charge in [-0.3, -0.25) is 0 Å². The molecule has 0 spiro atoms. The molecule has 0 fully saturated rings. The molecule has 1 aromatic carbocycles. The zero-order valence-electron chi connectivity index (χ0n) is 7.02. The molecular formula is C10H13O. The molecule has 0 saturated heterocycles. The molecule has 0 heterocycles. The first-order chi connectivity index (χ1) is 5.27. The fraction of sp³-hybridized carbons (Fsp3) is 0.400. The maximum atomic E-state index is 9.30. The maximum Gasteiger partial charge on any atom is 0.119 e. The molecule has 0 aliphatic heterocycles. The van der Waals surface area contributed by atoms with Crippen LogP contribution in [0.3, 0.4) is 0 Å². The van der Waals surface area contributed by atoms with Crippen LogP contribution in [-0.4, -0.2) is 5.11 Å². The molecule has 1 radical (unpaired) electrons. The number of phenols is 1. The summed E-state index contributed by atoms with van der Waals surface area (Å²) >= 11 is 0. The second kappa shape index (κ2) is 3.42. The minimum absolute atomic E-state index is 0.365. The third-order valence-corrected chi connectivity index (χ3v) is 1.80. The van der Waals surface area contributed by atoms with E-state index in [1.807, 2.05) is 13.0 Å². The summed E-state index contributed by atoms with van der Waals surface area (Å²) in [6, 6.07) is 6.82. The summed E-state index contributed by atoms with van der Waals surface area (Å²) in [4.78, 5) is 0. The summed E-state index contributed by atoms with van der Waals surface area (Å²) in [6.45, 7) is 4.10. The predicted molar refractivity (Wildman–Crippen MR) is 45.7 cm³/mol. The standard InChI is InChI=1S/C10H13O/c1-3-8-5-6-10(11)9(4-2)7-8/h5-6,11H,3-4H2,1-2H3. The van der Waals surface area contributed by atoms with Crippen LogP contribution in [0.15, 0.2) is 12.1 Å². The van der Waals surface area contributed by atoms with Gasteiger partial charge in [0.15, 0.2) is 0 Å². The second-order valence-corrected chi connectivity index (χ2v) is 2.55. The van der Waals surface area contributed by atoms with E-state index in [1.165, 1.54) is 5.56 Å². The van der Waals surface area contributed by atoms with Gasteiger partial charge < -0.3 is 5.11 Å². The fourth-order valence-corrected chi connectivity index (χ4v) is 1.06. The molecule has 0 aliphatic carbocycles. The van der Waals surface area contributed by atoms with Crippen molar-refractivity contribution in [2.24, 2.45) is 0 Å². The minimum atomic E-state index is 0.365. The smallest absolute Gasteiger partial charge is 0.119 e. The normalized spacial score (nSPS) is 10.0. The van der Waals surface area contributed by atoms with E-state index >= 15 is 0 Å². The molecule has 1 rings (SSSR count). The van der Waals surface area contributed by atoms with Crippen LogP contribution in [0.2, 0.25) is 0 Å². The Morgan fingerprint density at radius 1 is 1.27 bits per heavy atom. The van der Waals surface area contributed by atoms with Crippen LogP contribution >= 0.6 is 0 Å². The van der Waals surface area contributed by atoms with E-state index in [0.717, 1.165) is 18.4 Å². The van der Waals surface area contributed by atoms with Gasteiger partial charge in [0.1, 0.15) is 5.75 Å². The molecule has 0 unspecified atom stereocenters. The maximum absolute atomic E-state index is 9.30. The molecule has 59 valence electrons. The number of hydrogen-bond acceptors (Lipinski definition) is 1. The third-order valence-electron chi connectivity index (χ3n) is 1.80. The third kappa shape index (κ3) is 1.73. The molecule has 1 aromatic rings. The average molecular weight is 149 g/mol. The van der Waals surface area contributed by atoms with Gasteiger partial charge in [0, 0.05) is 5.56 Å². The van der Waals surface area contributed by atoms with Gasteiger partial charge in [0.25, 0.3) is 0 Å². The number of hydrogen-bond donors (Lipinski definition) is 1. The van der Waals surface area contributed by atoms with Crippen molar-refractivity contribution in [1.82, 2.24) is 0 Å². The molecule has 0 atom stereocenters. The predicted octanol–water partition coefficient (Wildman–Crippen LogP) is 2.32. The number of aryl methyl sites for hydroxylation is 2. The fourth-order valence-electron chi connectivity index (χ4n) is 1.06. The lowest BCUT2D eigenvalue weighted by Gasteiger charge is -2.02. The highest BCUT2D eigenvalue weighted by Gasteiger charge is 1.98. The molecule has 0 saturated carbocycles. The highest BCUT2D eigenvalue weighted by atomic mass is 16.3. The lowest BCUT2D eigenvalue weighted by molar-refractivity contribution is 0.468. The van der Waals surface area contributed by atoms with Crippen LogP contribution in [-0.2, 0) is 12.8 Å². The molecule has 0 aromatic heterocycles. The van der Waals surface area contributed by atoms with E-state index in [-0.39, 0.29) is 0 Å². The van der Waals surface area contributed by atoms with Gasteiger partial charge in [0.2, 0.25) is 0 Å². The minimum Gasteiger partial charge on any atom is -0.508 e. The largest absolute Gasteiger partial charge is 0.508 e. The van der Waals surface area contributed by atoms with E-state index in [9.17, 15) is 5.11 Å². The van der Waals surface area contributed by atoms with Crippen LogP contribution in [0, 0.1) is 6.07 Å². The van der Waals surface area contributed by atoms with E-state index in [2.05, 4.69) is 13.0 Å². The summed E-state index contributed by atoms with van der Waals surface area (Å²) < 4.78 is 0. The molecule has 0 bridgehead atoms. The lowest BCUT2D eigenvalue weighted by Crippen LogP contribution is -1.86. The Morgan fingerprint density at radius 3 is 2.55 bits per heavy atom. The zero-order valence-corrected chi connectivity index (χ0v) is 7.02. The van der Waals surface area contributed by atoms with Gasteiger partial charge in [-0.25, -0.2) is 0 Å². The Hall–Kier alpha value is -0.980. The number of phenolic OH excluding ortho intramolecular Hbond substituents is 1. The van der Waals surface area contributed by atoms with Crippen LogP contribution in [0.1, 0.15) is 25.0 Å². The van der Waals surface area contributed by atoms with Crippen molar-refractivity contribution >= 4 is 0 Å². The summed E-state index contributed by atoms with van der Waals surface area (Å²) in [5.41, 5.74) is 2.09. The highest BCUT2D eigenvalue weighted by Crippen LogP contribution is 2.18. The molecule has 0 aliphatic rings. The van der Waals surface area contributed by atoms with Gasteiger partial charge in [0.05, 0.1) is 0 Å². The first kappa shape index (κ1) is 8.12. The van der Waals surface area contributed by atoms with E-state index in [0.29, 0.717) is 5.75 Å². The SMILES string of the molecule is CCc1[c]c(CC)c(O)cc1.